The Morgan fingerprint density at radius 1 is 1.18 bits per heavy atom. The molecule has 0 radical (unpaired) electrons. The van der Waals surface area contributed by atoms with Crippen LogP contribution in [0.1, 0.15) is 27.6 Å². The topological polar surface area (TPSA) is 12.0 Å². The van der Waals surface area contributed by atoms with Crippen LogP contribution in [-0.4, -0.2) is 7.05 Å². The Kier molecular flexibility index (Phi) is 4.02. The summed E-state index contributed by atoms with van der Waals surface area (Å²) in [5.41, 5.74) is 3.92. The number of aryl methyl sites for hydroxylation is 2. The van der Waals surface area contributed by atoms with Crippen molar-refractivity contribution in [2.45, 2.75) is 19.9 Å². The number of rotatable bonds is 3. The number of hydrogen-bond donors (Lipinski definition) is 1. The molecule has 2 rings (SSSR count). The summed E-state index contributed by atoms with van der Waals surface area (Å²) >= 11 is 5.41. The summed E-state index contributed by atoms with van der Waals surface area (Å²) in [5.74, 6) is 0. The summed E-state index contributed by atoms with van der Waals surface area (Å²) in [5, 5.41) is 5.55. The van der Waals surface area contributed by atoms with Crippen LogP contribution in [0.25, 0.3) is 0 Å². The van der Waals surface area contributed by atoms with Gasteiger partial charge in [0, 0.05) is 9.35 Å². The van der Waals surface area contributed by atoms with Gasteiger partial charge in [-0.15, -0.1) is 11.3 Å². The lowest BCUT2D eigenvalue weighted by molar-refractivity contribution is 0.699. The van der Waals surface area contributed by atoms with Crippen LogP contribution < -0.4 is 5.32 Å². The van der Waals surface area contributed by atoms with Crippen LogP contribution in [0.15, 0.2) is 34.1 Å². The molecular formula is C14H16BrNS. The number of thiophene rings is 1. The predicted molar refractivity (Wildman–Crippen MR) is 78.8 cm³/mol. The van der Waals surface area contributed by atoms with Gasteiger partial charge in [-0.3, -0.25) is 0 Å². The van der Waals surface area contributed by atoms with Crippen LogP contribution in [0.2, 0.25) is 0 Å². The minimum absolute atomic E-state index is 0.284. The second kappa shape index (κ2) is 5.34. The first-order valence-electron chi connectivity index (χ1n) is 5.60. The highest BCUT2D eigenvalue weighted by molar-refractivity contribution is 9.10. The van der Waals surface area contributed by atoms with E-state index in [0.717, 1.165) is 0 Å². The average molecular weight is 310 g/mol. The van der Waals surface area contributed by atoms with Crippen molar-refractivity contribution < 1.29 is 0 Å². The highest BCUT2D eigenvalue weighted by Crippen LogP contribution is 2.31. The van der Waals surface area contributed by atoms with E-state index in [2.05, 4.69) is 64.7 Å². The highest BCUT2D eigenvalue weighted by Gasteiger charge is 2.15. The lowest BCUT2D eigenvalue weighted by Crippen LogP contribution is -2.17. The summed E-state index contributed by atoms with van der Waals surface area (Å²) in [6.45, 7) is 4.28. The quantitative estimate of drug-likeness (QED) is 0.884. The number of hydrogen-bond acceptors (Lipinski definition) is 2. The summed E-state index contributed by atoms with van der Waals surface area (Å²) in [6.07, 6.45) is 0. The fraction of sp³-hybridized carbons (Fsp3) is 0.286. The fourth-order valence-corrected chi connectivity index (χ4v) is 3.38. The van der Waals surface area contributed by atoms with Gasteiger partial charge in [-0.05, 0) is 55.1 Å². The van der Waals surface area contributed by atoms with Gasteiger partial charge in [-0.2, -0.15) is 0 Å². The molecule has 3 heteroatoms. The van der Waals surface area contributed by atoms with E-state index in [4.69, 9.17) is 0 Å². The maximum atomic E-state index is 3.60. The van der Waals surface area contributed by atoms with Gasteiger partial charge in [-0.25, -0.2) is 0 Å². The number of benzene rings is 1. The average Bonchev–Trinajstić information content (AvgIpc) is 2.71. The predicted octanol–water partition coefficient (Wildman–Crippen LogP) is 4.44. The van der Waals surface area contributed by atoms with Crippen molar-refractivity contribution >= 4 is 27.3 Å². The Balaban J connectivity index is 2.42. The maximum absolute atomic E-state index is 3.60. The fourth-order valence-electron chi connectivity index (χ4n) is 1.92. The van der Waals surface area contributed by atoms with E-state index in [9.17, 15) is 0 Å². The molecule has 0 aliphatic rings. The molecule has 90 valence electrons. The van der Waals surface area contributed by atoms with E-state index in [0.29, 0.717) is 0 Å². The molecule has 1 unspecified atom stereocenters. The molecule has 1 atom stereocenters. The molecular weight excluding hydrogens is 294 g/mol. The van der Waals surface area contributed by atoms with Crippen LogP contribution in [0.5, 0.6) is 0 Å². The molecule has 0 aliphatic carbocycles. The van der Waals surface area contributed by atoms with E-state index < -0.39 is 0 Å². The SMILES string of the molecule is CNC(c1ccc(C)c(Br)c1)c1sccc1C. The third kappa shape index (κ3) is 2.62. The molecule has 1 nitrogen and oxygen atoms in total. The molecule has 1 aromatic carbocycles. The van der Waals surface area contributed by atoms with E-state index >= 15 is 0 Å². The van der Waals surface area contributed by atoms with Crippen molar-refractivity contribution in [1.29, 1.82) is 0 Å². The minimum atomic E-state index is 0.284. The van der Waals surface area contributed by atoms with Gasteiger partial charge in [0.1, 0.15) is 0 Å². The second-order valence-electron chi connectivity index (χ2n) is 4.20. The highest BCUT2D eigenvalue weighted by atomic mass is 79.9. The Hall–Kier alpha value is -0.640. The van der Waals surface area contributed by atoms with Crippen LogP contribution in [0.4, 0.5) is 0 Å². The monoisotopic (exact) mass is 309 g/mol. The van der Waals surface area contributed by atoms with Crippen molar-refractivity contribution in [3.05, 3.63) is 55.7 Å². The van der Waals surface area contributed by atoms with Crippen molar-refractivity contribution in [3.63, 3.8) is 0 Å². The molecule has 1 aromatic heterocycles. The zero-order valence-electron chi connectivity index (χ0n) is 10.3. The van der Waals surface area contributed by atoms with Gasteiger partial charge in [-0.1, -0.05) is 28.1 Å². The van der Waals surface area contributed by atoms with E-state index in [1.165, 1.54) is 26.0 Å². The molecule has 1 N–H and O–H groups in total. The standard InChI is InChI=1S/C14H16BrNS/c1-9-4-5-11(8-12(9)15)13(16-3)14-10(2)6-7-17-14/h4-8,13,16H,1-3H3. The van der Waals surface area contributed by atoms with Gasteiger partial charge < -0.3 is 5.32 Å². The summed E-state index contributed by atoms with van der Waals surface area (Å²) < 4.78 is 1.17. The number of halogens is 1. The first kappa shape index (κ1) is 12.8. The first-order chi connectivity index (χ1) is 8.13. The molecule has 0 amide bonds. The van der Waals surface area contributed by atoms with Gasteiger partial charge in [0.15, 0.2) is 0 Å². The third-order valence-corrected chi connectivity index (χ3v) is 4.92. The molecule has 0 aliphatic heterocycles. The Morgan fingerprint density at radius 2 is 1.94 bits per heavy atom. The van der Waals surface area contributed by atoms with Crippen LogP contribution in [0, 0.1) is 13.8 Å². The lowest BCUT2D eigenvalue weighted by atomic mass is 10.0. The van der Waals surface area contributed by atoms with Gasteiger partial charge >= 0.3 is 0 Å². The van der Waals surface area contributed by atoms with Gasteiger partial charge in [0.25, 0.3) is 0 Å². The Bertz CT molecular complexity index is 519. The van der Waals surface area contributed by atoms with E-state index in [1.54, 1.807) is 0 Å². The summed E-state index contributed by atoms with van der Waals surface area (Å²) in [4.78, 5) is 1.39. The Morgan fingerprint density at radius 3 is 2.47 bits per heavy atom. The molecule has 0 spiro atoms. The van der Waals surface area contributed by atoms with Gasteiger partial charge in [0.2, 0.25) is 0 Å². The van der Waals surface area contributed by atoms with Crippen LogP contribution in [0.3, 0.4) is 0 Å². The summed E-state index contributed by atoms with van der Waals surface area (Å²) in [6, 6.07) is 9.02. The molecule has 0 bridgehead atoms. The zero-order chi connectivity index (χ0) is 12.4. The van der Waals surface area contributed by atoms with Crippen LogP contribution in [-0.2, 0) is 0 Å². The summed E-state index contributed by atoms with van der Waals surface area (Å²) in [7, 11) is 2.01. The largest absolute Gasteiger partial charge is 0.309 e. The number of nitrogens with one attached hydrogen (secondary N) is 1. The molecule has 0 saturated carbocycles. The first-order valence-corrected chi connectivity index (χ1v) is 7.28. The van der Waals surface area contributed by atoms with Crippen molar-refractivity contribution in [1.82, 2.24) is 5.32 Å². The smallest absolute Gasteiger partial charge is 0.0671 e. The van der Waals surface area contributed by atoms with E-state index in [1.807, 2.05) is 18.4 Å². The maximum Gasteiger partial charge on any atom is 0.0671 e. The lowest BCUT2D eigenvalue weighted by Gasteiger charge is -2.17. The van der Waals surface area contributed by atoms with Crippen molar-refractivity contribution in [2.75, 3.05) is 7.05 Å². The van der Waals surface area contributed by atoms with Crippen molar-refractivity contribution in [3.8, 4) is 0 Å². The minimum Gasteiger partial charge on any atom is -0.309 e. The Labute approximate surface area is 115 Å². The second-order valence-corrected chi connectivity index (χ2v) is 6.00. The van der Waals surface area contributed by atoms with Crippen LogP contribution >= 0.6 is 27.3 Å². The van der Waals surface area contributed by atoms with Gasteiger partial charge in [0.05, 0.1) is 6.04 Å². The molecule has 2 aromatic rings. The van der Waals surface area contributed by atoms with Crippen molar-refractivity contribution in [2.24, 2.45) is 0 Å². The molecule has 1 heterocycles. The molecule has 0 saturated heterocycles. The van der Waals surface area contributed by atoms with E-state index in [-0.39, 0.29) is 6.04 Å². The molecule has 17 heavy (non-hydrogen) atoms. The normalized spacial score (nSPS) is 12.7. The zero-order valence-corrected chi connectivity index (χ0v) is 12.7. The molecule has 0 fully saturated rings. The third-order valence-electron chi connectivity index (χ3n) is 2.98.